The highest BCUT2D eigenvalue weighted by atomic mass is 15.5. The molecule has 17 heavy (non-hydrogen) atoms. The molecule has 0 aliphatic rings. The highest BCUT2D eigenvalue weighted by Crippen LogP contribution is 2.13. The monoisotopic (exact) mass is 227 g/mol. The molecule has 0 amide bonds. The normalized spacial score (nSPS) is 9.76. The van der Waals surface area contributed by atoms with Gasteiger partial charge in [0.1, 0.15) is 6.33 Å². The van der Waals surface area contributed by atoms with Crippen LogP contribution in [0.15, 0.2) is 43.1 Å². The Kier molecular flexibility index (Phi) is 3.40. The van der Waals surface area contributed by atoms with Gasteiger partial charge in [-0.15, -0.1) is 0 Å². The molecular weight excluding hydrogens is 214 g/mol. The SMILES string of the molecule is CC.c1ncc2cc(-n3nccn3)ccc2n1. The molecule has 0 N–H and O–H groups in total. The van der Waals surface area contributed by atoms with Crippen LogP contribution in [0.4, 0.5) is 0 Å². The first-order valence-electron chi connectivity index (χ1n) is 5.50. The van der Waals surface area contributed by atoms with Crippen molar-refractivity contribution in [2.45, 2.75) is 13.8 Å². The van der Waals surface area contributed by atoms with Crippen molar-refractivity contribution >= 4 is 10.9 Å². The average molecular weight is 227 g/mol. The van der Waals surface area contributed by atoms with Crippen molar-refractivity contribution < 1.29 is 0 Å². The molecular formula is C12H13N5. The van der Waals surface area contributed by atoms with Crippen LogP contribution < -0.4 is 0 Å². The van der Waals surface area contributed by atoms with Crippen molar-refractivity contribution in [1.82, 2.24) is 25.0 Å². The molecule has 2 aromatic heterocycles. The van der Waals surface area contributed by atoms with Crippen LogP contribution in [-0.2, 0) is 0 Å². The van der Waals surface area contributed by atoms with Gasteiger partial charge in [-0.05, 0) is 18.2 Å². The first kappa shape index (κ1) is 11.2. The third-order valence-corrected chi connectivity index (χ3v) is 2.14. The lowest BCUT2D eigenvalue weighted by atomic mass is 10.2. The second-order valence-corrected chi connectivity index (χ2v) is 3.08. The standard InChI is InChI=1S/C10H7N5.C2H6/c1-2-10-8(6-11-7-12-10)5-9(1)15-13-3-4-14-15;1-2/h1-7H;1-2H3. The molecule has 0 aliphatic heterocycles. The lowest BCUT2D eigenvalue weighted by Gasteiger charge is -2.00. The fourth-order valence-corrected chi connectivity index (χ4v) is 1.45. The van der Waals surface area contributed by atoms with E-state index in [1.807, 2.05) is 32.0 Å². The van der Waals surface area contributed by atoms with Gasteiger partial charge in [-0.1, -0.05) is 13.8 Å². The minimum absolute atomic E-state index is 0.905. The van der Waals surface area contributed by atoms with Crippen LogP contribution >= 0.6 is 0 Å². The van der Waals surface area contributed by atoms with E-state index in [0.29, 0.717) is 0 Å². The van der Waals surface area contributed by atoms with E-state index in [4.69, 9.17) is 0 Å². The Balaban J connectivity index is 0.000000514. The Morgan fingerprint density at radius 2 is 1.82 bits per heavy atom. The Morgan fingerprint density at radius 3 is 2.59 bits per heavy atom. The van der Waals surface area contributed by atoms with E-state index in [1.165, 1.54) is 6.33 Å². The van der Waals surface area contributed by atoms with Gasteiger partial charge < -0.3 is 0 Å². The molecule has 0 saturated carbocycles. The quantitative estimate of drug-likeness (QED) is 0.639. The van der Waals surface area contributed by atoms with Crippen LogP contribution in [0, 0.1) is 0 Å². The van der Waals surface area contributed by atoms with E-state index < -0.39 is 0 Å². The zero-order valence-electron chi connectivity index (χ0n) is 9.78. The molecule has 0 fully saturated rings. The molecule has 3 aromatic rings. The van der Waals surface area contributed by atoms with Gasteiger partial charge in [-0.2, -0.15) is 15.0 Å². The zero-order chi connectivity index (χ0) is 12.1. The summed E-state index contributed by atoms with van der Waals surface area (Å²) < 4.78 is 0. The molecule has 0 atom stereocenters. The van der Waals surface area contributed by atoms with Crippen LogP contribution in [0.3, 0.4) is 0 Å². The summed E-state index contributed by atoms with van der Waals surface area (Å²) in [5, 5.41) is 9.10. The predicted octanol–water partition coefficient (Wildman–Crippen LogP) is 2.24. The molecule has 0 unspecified atom stereocenters. The third kappa shape index (κ3) is 2.28. The molecule has 0 aliphatic carbocycles. The van der Waals surface area contributed by atoms with Crippen molar-refractivity contribution in [3.63, 3.8) is 0 Å². The van der Waals surface area contributed by atoms with Crippen molar-refractivity contribution in [2.75, 3.05) is 0 Å². The highest BCUT2D eigenvalue weighted by molar-refractivity contribution is 5.79. The summed E-state index contributed by atoms with van der Waals surface area (Å²) in [4.78, 5) is 9.68. The summed E-state index contributed by atoms with van der Waals surface area (Å²) in [6.07, 6.45) is 6.60. The maximum Gasteiger partial charge on any atom is 0.116 e. The molecule has 0 radical (unpaired) electrons. The Labute approximate surface area is 99.1 Å². The van der Waals surface area contributed by atoms with E-state index in [0.717, 1.165) is 16.6 Å². The zero-order valence-corrected chi connectivity index (χ0v) is 9.78. The molecule has 0 spiro atoms. The van der Waals surface area contributed by atoms with E-state index in [-0.39, 0.29) is 0 Å². The largest absolute Gasteiger partial charge is 0.244 e. The lowest BCUT2D eigenvalue weighted by Crippen LogP contribution is -1.98. The summed E-state index contributed by atoms with van der Waals surface area (Å²) in [5.41, 5.74) is 1.82. The van der Waals surface area contributed by atoms with E-state index in [9.17, 15) is 0 Å². The molecule has 5 nitrogen and oxygen atoms in total. The first-order chi connectivity index (χ1) is 8.43. The van der Waals surface area contributed by atoms with Gasteiger partial charge >= 0.3 is 0 Å². The van der Waals surface area contributed by atoms with Gasteiger partial charge in [-0.25, -0.2) is 9.97 Å². The second-order valence-electron chi connectivity index (χ2n) is 3.08. The second kappa shape index (κ2) is 5.16. The number of aromatic nitrogens is 5. The molecule has 2 heterocycles. The lowest BCUT2D eigenvalue weighted by molar-refractivity contribution is 0.753. The molecule has 5 heteroatoms. The average Bonchev–Trinajstić information content (AvgIpc) is 2.94. The molecule has 3 rings (SSSR count). The topological polar surface area (TPSA) is 56.5 Å². The highest BCUT2D eigenvalue weighted by Gasteiger charge is 1.99. The molecule has 1 aromatic carbocycles. The van der Waals surface area contributed by atoms with Gasteiger partial charge in [-0.3, -0.25) is 0 Å². The smallest absolute Gasteiger partial charge is 0.116 e. The number of fused-ring (bicyclic) bond motifs is 1. The number of hydrogen-bond acceptors (Lipinski definition) is 4. The van der Waals surface area contributed by atoms with Crippen LogP contribution in [0.2, 0.25) is 0 Å². The van der Waals surface area contributed by atoms with E-state index in [1.54, 1.807) is 23.4 Å². The van der Waals surface area contributed by atoms with Gasteiger partial charge in [0.15, 0.2) is 0 Å². The fraction of sp³-hybridized carbons (Fsp3) is 0.167. The number of hydrogen-bond donors (Lipinski definition) is 0. The maximum absolute atomic E-state index is 4.14. The third-order valence-electron chi connectivity index (χ3n) is 2.14. The maximum atomic E-state index is 4.14. The minimum Gasteiger partial charge on any atom is -0.244 e. The van der Waals surface area contributed by atoms with Crippen LogP contribution in [0.25, 0.3) is 16.6 Å². The van der Waals surface area contributed by atoms with Gasteiger partial charge in [0, 0.05) is 11.6 Å². The van der Waals surface area contributed by atoms with Gasteiger partial charge in [0.25, 0.3) is 0 Å². The van der Waals surface area contributed by atoms with E-state index in [2.05, 4.69) is 20.2 Å². The van der Waals surface area contributed by atoms with Crippen molar-refractivity contribution in [3.8, 4) is 5.69 Å². The number of nitrogens with zero attached hydrogens (tertiary/aromatic N) is 5. The summed E-state index contributed by atoms with van der Waals surface area (Å²) in [6.45, 7) is 4.00. The van der Waals surface area contributed by atoms with Crippen LogP contribution in [0.5, 0.6) is 0 Å². The number of rotatable bonds is 1. The minimum atomic E-state index is 0.905. The molecule has 86 valence electrons. The first-order valence-corrected chi connectivity index (χ1v) is 5.50. The summed E-state index contributed by atoms with van der Waals surface area (Å²) in [6, 6.07) is 5.81. The molecule has 0 saturated heterocycles. The Bertz CT molecular complexity index is 589. The summed E-state index contributed by atoms with van der Waals surface area (Å²) in [5.74, 6) is 0. The Hall–Kier alpha value is -2.30. The van der Waals surface area contributed by atoms with Crippen LogP contribution in [-0.4, -0.2) is 25.0 Å². The van der Waals surface area contributed by atoms with Crippen molar-refractivity contribution in [1.29, 1.82) is 0 Å². The fourth-order valence-electron chi connectivity index (χ4n) is 1.45. The van der Waals surface area contributed by atoms with Crippen molar-refractivity contribution in [3.05, 3.63) is 43.1 Å². The summed E-state index contributed by atoms with van der Waals surface area (Å²) >= 11 is 0. The van der Waals surface area contributed by atoms with Crippen LogP contribution in [0.1, 0.15) is 13.8 Å². The van der Waals surface area contributed by atoms with E-state index >= 15 is 0 Å². The predicted molar refractivity (Wildman–Crippen MR) is 65.8 cm³/mol. The molecule has 0 bridgehead atoms. The summed E-state index contributed by atoms with van der Waals surface area (Å²) in [7, 11) is 0. The van der Waals surface area contributed by atoms with Gasteiger partial charge in [0.2, 0.25) is 0 Å². The van der Waals surface area contributed by atoms with Crippen molar-refractivity contribution in [2.24, 2.45) is 0 Å². The Morgan fingerprint density at radius 1 is 1.06 bits per heavy atom. The van der Waals surface area contributed by atoms with Gasteiger partial charge in [0.05, 0.1) is 23.6 Å². The number of benzene rings is 1.